The lowest BCUT2D eigenvalue weighted by Gasteiger charge is -2.14. The van der Waals surface area contributed by atoms with Crippen LogP contribution in [-0.4, -0.2) is 15.7 Å². The third-order valence-electron chi connectivity index (χ3n) is 5.02. The van der Waals surface area contributed by atoms with E-state index < -0.39 is 0 Å². The molecule has 0 spiro atoms. The van der Waals surface area contributed by atoms with Crippen molar-refractivity contribution >= 4 is 17.5 Å². The van der Waals surface area contributed by atoms with Crippen molar-refractivity contribution in [1.82, 2.24) is 15.1 Å². The molecule has 1 atom stereocenters. The molecule has 4 nitrogen and oxygen atoms in total. The number of carbonyl (C=O) groups is 1. The molecule has 5 heteroatoms. The van der Waals surface area contributed by atoms with Gasteiger partial charge in [0.25, 0.3) is 5.91 Å². The summed E-state index contributed by atoms with van der Waals surface area (Å²) >= 11 is 6.22. The van der Waals surface area contributed by atoms with Crippen LogP contribution in [0.1, 0.15) is 45.3 Å². The van der Waals surface area contributed by atoms with Crippen LogP contribution in [0.25, 0.3) is 5.69 Å². The van der Waals surface area contributed by atoms with Crippen molar-refractivity contribution in [3.05, 3.63) is 81.6 Å². The van der Waals surface area contributed by atoms with Gasteiger partial charge in [-0.15, -0.1) is 0 Å². The van der Waals surface area contributed by atoms with Gasteiger partial charge in [0, 0.05) is 5.56 Å². The van der Waals surface area contributed by atoms with E-state index in [1.807, 2.05) is 50.2 Å². The topological polar surface area (TPSA) is 46.9 Å². The molecule has 0 saturated carbocycles. The first-order valence-corrected chi connectivity index (χ1v) is 9.13. The van der Waals surface area contributed by atoms with Gasteiger partial charge in [0.15, 0.2) is 0 Å². The second-order valence-electron chi connectivity index (χ2n) is 6.71. The van der Waals surface area contributed by atoms with Crippen molar-refractivity contribution < 1.29 is 4.79 Å². The molecule has 4 rings (SSSR count). The van der Waals surface area contributed by atoms with Crippen molar-refractivity contribution in [2.75, 3.05) is 0 Å². The molecule has 0 radical (unpaired) electrons. The second kappa shape index (κ2) is 6.61. The van der Waals surface area contributed by atoms with Crippen LogP contribution in [0.5, 0.6) is 0 Å². The highest BCUT2D eigenvalue weighted by Crippen LogP contribution is 2.31. The van der Waals surface area contributed by atoms with Gasteiger partial charge in [0.2, 0.25) is 0 Å². The van der Waals surface area contributed by atoms with Gasteiger partial charge in [-0.05, 0) is 62.1 Å². The molecule has 0 aliphatic heterocycles. The summed E-state index contributed by atoms with van der Waals surface area (Å²) in [6, 6.07) is 15.9. The van der Waals surface area contributed by atoms with E-state index in [1.54, 1.807) is 4.68 Å². The van der Waals surface area contributed by atoms with E-state index in [1.165, 1.54) is 11.1 Å². The van der Waals surface area contributed by atoms with Crippen LogP contribution in [0, 0.1) is 13.8 Å². The zero-order chi connectivity index (χ0) is 18.3. The fraction of sp³-hybridized carbons (Fsp3) is 0.238. The maximum absolute atomic E-state index is 12.6. The predicted octanol–water partition coefficient (Wildman–Crippen LogP) is 4.56. The number of hydrogen-bond acceptors (Lipinski definition) is 2. The third kappa shape index (κ3) is 2.90. The lowest BCUT2D eigenvalue weighted by atomic mass is 10.1. The zero-order valence-corrected chi connectivity index (χ0v) is 15.5. The lowest BCUT2D eigenvalue weighted by molar-refractivity contribution is 0.0936. The SMILES string of the molecule is Cc1nn(-c2ccc(C(=O)NC3CCc4ccccc43)cc2)c(C)c1Cl. The summed E-state index contributed by atoms with van der Waals surface area (Å²) in [6.07, 6.45) is 1.96. The maximum Gasteiger partial charge on any atom is 0.251 e. The number of hydrogen-bond donors (Lipinski definition) is 1. The molecule has 2 aromatic carbocycles. The van der Waals surface area contributed by atoms with Crippen LogP contribution in [0.4, 0.5) is 0 Å². The van der Waals surface area contributed by atoms with E-state index in [-0.39, 0.29) is 11.9 Å². The Bertz CT molecular complexity index is 975. The average Bonchev–Trinajstić information content (AvgIpc) is 3.18. The van der Waals surface area contributed by atoms with Gasteiger partial charge in [-0.3, -0.25) is 4.79 Å². The van der Waals surface area contributed by atoms with Crippen LogP contribution in [-0.2, 0) is 6.42 Å². The largest absolute Gasteiger partial charge is 0.345 e. The van der Waals surface area contributed by atoms with E-state index >= 15 is 0 Å². The summed E-state index contributed by atoms with van der Waals surface area (Å²) in [7, 11) is 0. The Hall–Kier alpha value is -2.59. The number of amides is 1. The molecule has 132 valence electrons. The number of benzene rings is 2. The van der Waals surface area contributed by atoms with E-state index in [0.29, 0.717) is 10.6 Å². The minimum absolute atomic E-state index is 0.0512. The molecule has 0 saturated heterocycles. The molecule has 1 heterocycles. The highest BCUT2D eigenvalue weighted by atomic mass is 35.5. The second-order valence-corrected chi connectivity index (χ2v) is 7.08. The van der Waals surface area contributed by atoms with Gasteiger partial charge in [-0.2, -0.15) is 5.10 Å². The third-order valence-corrected chi connectivity index (χ3v) is 5.56. The van der Waals surface area contributed by atoms with Crippen LogP contribution < -0.4 is 5.32 Å². The number of nitrogens with zero attached hydrogens (tertiary/aromatic N) is 2. The Kier molecular flexibility index (Phi) is 4.29. The lowest BCUT2D eigenvalue weighted by Crippen LogP contribution is -2.27. The summed E-state index contributed by atoms with van der Waals surface area (Å²) < 4.78 is 1.80. The van der Waals surface area contributed by atoms with Crippen molar-refractivity contribution in [2.45, 2.75) is 32.7 Å². The average molecular weight is 366 g/mol. The minimum Gasteiger partial charge on any atom is -0.345 e. The molecule has 0 bridgehead atoms. The summed E-state index contributed by atoms with van der Waals surface area (Å²) in [5.41, 5.74) is 5.78. The van der Waals surface area contributed by atoms with Crippen LogP contribution in [0.2, 0.25) is 5.02 Å². The Balaban J connectivity index is 1.52. The summed E-state index contributed by atoms with van der Waals surface area (Å²) in [4.78, 5) is 12.6. The van der Waals surface area contributed by atoms with Crippen LogP contribution >= 0.6 is 11.6 Å². The molecule has 1 amide bonds. The van der Waals surface area contributed by atoms with E-state index in [0.717, 1.165) is 29.9 Å². The Morgan fingerprint density at radius 1 is 1.15 bits per heavy atom. The Labute approximate surface area is 157 Å². The quantitative estimate of drug-likeness (QED) is 0.739. The minimum atomic E-state index is -0.0512. The molecule has 1 aliphatic carbocycles. The Morgan fingerprint density at radius 2 is 1.88 bits per heavy atom. The molecule has 1 unspecified atom stereocenters. The van der Waals surface area contributed by atoms with Gasteiger partial charge < -0.3 is 5.32 Å². The molecule has 3 aromatic rings. The summed E-state index contributed by atoms with van der Waals surface area (Å²) in [5.74, 6) is -0.0512. The van der Waals surface area contributed by atoms with Gasteiger partial charge in [0.05, 0.1) is 28.1 Å². The maximum atomic E-state index is 12.6. The number of fused-ring (bicyclic) bond motifs is 1. The monoisotopic (exact) mass is 365 g/mol. The summed E-state index contributed by atoms with van der Waals surface area (Å²) in [6.45, 7) is 3.81. The van der Waals surface area contributed by atoms with Crippen LogP contribution in [0.15, 0.2) is 48.5 Å². The fourth-order valence-corrected chi connectivity index (χ4v) is 3.70. The molecular formula is C21H20ClN3O. The number of carbonyl (C=O) groups excluding carboxylic acids is 1. The van der Waals surface area contributed by atoms with E-state index in [9.17, 15) is 4.79 Å². The van der Waals surface area contributed by atoms with Gasteiger partial charge in [0.1, 0.15) is 0 Å². The van der Waals surface area contributed by atoms with E-state index in [2.05, 4.69) is 22.5 Å². The van der Waals surface area contributed by atoms with Gasteiger partial charge in [-0.25, -0.2) is 4.68 Å². The highest BCUT2D eigenvalue weighted by Gasteiger charge is 2.23. The highest BCUT2D eigenvalue weighted by molar-refractivity contribution is 6.31. The molecule has 1 aliphatic rings. The van der Waals surface area contributed by atoms with Crippen molar-refractivity contribution in [3.8, 4) is 5.69 Å². The number of aryl methyl sites for hydroxylation is 2. The standard InChI is InChI=1S/C21H20ClN3O/c1-13-20(22)14(2)25(24-13)17-10-7-16(8-11-17)21(26)23-19-12-9-15-5-3-4-6-18(15)19/h3-8,10-11,19H,9,12H2,1-2H3,(H,23,26). The van der Waals surface area contributed by atoms with Crippen molar-refractivity contribution in [3.63, 3.8) is 0 Å². The molecule has 0 fully saturated rings. The van der Waals surface area contributed by atoms with Crippen LogP contribution in [0.3, 0.4) is 0 Å². The Morgan fingerprint density at radius 3 is 2.58 bits per heavy atom. The van der Waals surface area contributed by atoms with Gasteiger partial charge in [-0.1, -0.05) is 35.9 Å². The smallest absolute Gasteiger partial charge is 0.251 e. The molecule has 26 heavy (non-hydrogen) atoms. The molecule has 1 N–H and O–H groups in total. The number of aromatic nitrogens is 2. The number of nitrogens with one attached hydrogen (secondary N) is 1. The van der Waals surface area contributed by atoms with E-state index in [4.69, 9.17) is 11.6 Å². The number of halogens is 1. The summed E-state index contributed by atoms with van der Waals surface area (Å²) in [5, 5.41) is 8.27. The normalized spacial score (nSPS) is 15.7. The fourth-order valence-electron chi connectivity index (χ4n) is 3.58. The van der Waals surface area contributed by atoms with Crippen molar-refractivity contribution in [1.29, 1.82) is 0 Å². The van der Waals surface area contributed by atoms with Gasteiger partial charge >= 0.3 is 0 Å². The molecular weight excluding hydrogens is 346 g/mol. The first-order chi connectivity index (χ1) is 12.5. The first-order valence-electron chi connectivity index (χ1n) is 8.75. The first kappa shape index (κ1) is 16.9. The zero-order valence-electron chi connectivity index (χ0n) is 14.8. The molecule has 1 aromatic heterocycles. The van der Waals surface area contributed by atoms with Crippen molar-refractivity contribution in [2.24, 2.45) is 0 Å². The predicted molar refractivity (Wildman–Crippen MR) is 103 cm³/mol. The number of rotatable bonds is 3.